The van der Waals surface area contributed by atoms with Crippen LogP contribution < -0.4 is 15.8 Å². The van der Waals surface area contributed by atoms with Crippen molar-refractivity contribution in [3.63, 3.8) is 0 Å². The number of ketones is 1. The van der Waals surface area contributed by atoms with Gasteiger partial charge in [0, 0.05) is 13.0 Å². The Kier molecular flexibility index (Phi) is 4.11. The Morgan fingerprint density at radius 1 is 1.39 bits per heavy atom. The molecule has 0 bridgehead atoms. The Bertz CT molecular complexity index is 436. The lowest BCUT2D eigenvalue weighted by molar-refractivity contribution is 0.102. The number of methoxy groups -OCH3 is 1. The summed E-state index contributed by atoms with van der Waals surface area (Å²) in [5.41, 5.74) is 6.41. The Morgan fingerprint density at radius 3 is 2.61 bits per heavy atom. The minimum absolute atomic E-state index is 0.00695. The summed E-state index contributed by atoms with van der Waals surface area (Å²) < 4.78 is 5.32. The lowest BCUT2D eigenvalue weighted by Gasteiger charge is -2.23. The molecule has 1 saturated carbocycles. The summed E-state index contributed by atoms with van der Waals surface area (Å²) in [4.78, 5) is 12.1. The number of carbonyl (C=O) groups excluding carboxylic acids is 1. The van der Waals surface area contributed by atoms with Crippen molar-refractivity contribution < 1.29 is 9.53 Å². The molecule has 18 heavy (non-hydrogen) atoms. The van der Waals surface area contributed by atoms with E-state index in [9.17, 15) is 4.79 Å². The number of nitrogen functional groups attached to an aromatic ring is 1. The Morgan fingerprint density at radius 2 is 2.06 bits per heavy atom. The van der Waals surface area contributed by atoms with Gasteiger partial charge in [-0.25, -0.2) is 0 Å². The molecule has 0 atom stereocenters. The number of thiophene rings is 1. The Hall–Kier alpha value is -1.23. The fraction of sp³-hybridized carbons (Fsp3) is 0.615. The molecule has 3 N–H and O–H groups in total. The highest BCUT2D eigenvalue weighted by atomic mass is 32.1. The minimum Gasteiger partial charge on any atom is -0.492 e. The molecule has 100 valence electrons. The molecule has 1 aromatic heterocycles. The van der Waals surface area contributed by atoms with Gasteiger partial charge in [0.05, 0.1) is 17.7 Å². The first-order valence-corrected chi connectivity index (χ1v) is 7.19. The molecule has 4 nitrogen and oxygen atoms in total. The summed E-state index contributed by atoms with van der Waals surface area (Å²) in [5, 5.41) is 4.37. The smallest absolute Gasteiger partial charge is 0.176 e. The summed E-state index contributed by atoms with van der Waals surface area (Å²) >= 11 is 1.40. The summed E-state index contributed by atoms with van der Waals surface area (Å²) in [6.07, 6.45) is 6.20. The zero-order valence-electron chi connectivity index (χ0n) is 10.9. The lowest BCUT2D eigenvalue weighted by atomic mass is 9.96. The van der Waals surface area contributed by atoms with Crippen molar-refractivity contribution in [1.82, 2.24) is 0 Å². The molecule has 0 aromatic carbocycles. The van der Waals surface area contributed by atoms with Gasteiger partial charge in [-0.05, 0) is 12.8 Å². The number of anilines is 2. The third kappa shape index (κ3) is 2.61. The maximum Gasteiger partial charge on any atom is 0.176 e. The molecule has 1 aliphatic carbocycles. The summed E-state index contributed by atoms with van der Waals surface area (Å²) in [7, 11) is 1.59. The highest BCUT2D eigenvalue weighted by molar-refractivity contribution is 7.19. The van der Waals surface area contributed by atoms with Crippen molar-refractivity contribution in [3.8, 4) is 5.75 Å². The van der Waals surface area contributed by atoms with Gasteiger partial charge in [0.15, 0.2) is 11.5 Å². The SMILES string of the molecule is COc1c(NC2CCCCC2)sc(C(C)=O)c1N. The number of nitrogens with one attached hydrogen (secondary N) is 1. The number of ether oxygens (including phenoxy) is 1. The highest BCUT2D eigenvalue weighted by Gasteiger charge is 2.22. The molecule has 0 amide bonds. The third-order valence-corrected chi connectivity index (χ3v) is 4.58. The number of hydrogen-bond donors (Lipinski definition) is 2. The zero-order chi connectivity index (χ0) is 13.1. The van der Waals surface area contributed by atoms with Crippen LogP contribution in [0, 0.1) is 0 Å². The first-order chi connectivity index (χ1) is 8.63. The second kappa shape index (κ2) is 5.61. The zero-order valence-corrected chi connectivity index (χ0v) is 11.7. The topological polar surface area (TPSA) is 64.3 Å². The number of hydrogen-bond acceptors (Lipinski definition) is 5. The Balaban J connectivity index is 2.20. The van der Waals surface area contributed by atoms with Crippen LogP contribution in [0.4, 0.5) is 10.7 Å². The fourth-order valence-electron chi connectivity index (χ4n) is 2.42. The van der Waals surface area contributed by atoms with E-state index in [4.69, 9.17) is 10.5 Å². The van der Waals surface area contributed by atoms with E-state index < -0.39 is 0 Å². The van der Waals surface area contributed by atoms with Gasteiger partial charge in [-0.3, -0.25) is 4.79 Å². The standard InChI is InChI=1S/C13H20N2O2S/c1-8(16)12-10(14)11(17-2)13(18-12)15-9-6-4-3-5-7-9/h9,15H,3-7,14H2,1-2H3. The van der Waals surface area contributed by atoms with E-state index in [0.717, 1.165) is 5.00 Å². The van der Waals surface area contributed by atoms with Crippen molar-refractivity contribution in [2.75, 3.05) is 18.2 Å². The predicted molar refractivity (Wildman–Crippen MR) is 75.8 cm³/mol. The number of rotatable bonds is 4. The summed E-state index contributed by atoms with van der Waals surface area (Å²) in [5.74, 6) is 0.614. The third-order valence-electron chi connectivity index (χ3n) is 3.36. The lowest BCUT2D eigenvalue weighted by Crippen LogP contribution is -2.21. The van der Waals surface area contributed by atoms with E-state index in [2.05, 4.69) is 5.32 Å². The predicted octanol–water partition coefficient (Wildman–Crippen LogP) is 3.29. The van der Waals surface area contributed by atoms with Gasteiger partial charge in [0.2, 0.25) is 0 Å². The van der Waals surface area contributed by atoms with Gasteiger partial charge in [0.25, 0.3) is 0 Å². The molecule has 1 aromatic rings. The van der Waals surface area contributed by atoms with E-state index in [0.29, 0.717) is 22.4 Å². The molecule has 0 unspecified atom stereocenters. The average molecular weight is 268 g/mol. The number of carbonyl (C=O) groups is 1. The average Bonchev–Trinajstić information content (AvgIpc) is 2.67. The number of nitrogens with two attached hydrogens (primary N) is 1. The molecule has 1 fully saturated rings. The molecule has 0 saturated heterocycles. The highest BCUT2D eigenvalue weighted by Crippen LogP contribution is 2.43. The minimum atomic E-state index is -0.00695. The van der Waals surface area contributed by atoms with E-state index in [1.165, 1.54) is 50.4 Å². The second-order valence-corrected chi connectivity index (χ2v) is 5.76. The molecular weight excluding hydrogens is 248 g/mol. The van der Waals surface area contributed by atoms with E-state index in [1.54, 1.807) is 7.11 Å². The van der Waals surface area contributed by atoms with Crippen LogP contribution in [0.25, 0.3) is 0 Å². The summed E-state index contributed by atoms with van der Waals surface area (Å²) in [6, 6.07) is 0.477. The van der Waals surface area contributed by atoms with Crippen molar-refractivity contribution in [2.45, 2.75) is 45.1 Å². The normalized spacial score (nSPS) is 16.6. The Labute approximate surface area is 112 Å². The summed E-state index contributed by atoms with van der Waals surface area (Å²) in [6.45, 7) is 1.53. The quantitative estimate of drug-likeness (QED) is 0.822. The van der Waals surface area contributed by atoms with Gasteiger partial charge in [-0.15, -0.1) is 11.3 Å². The monoisotopic (exact) mass is 268 g/mol. The van der Waals surface area contributed by atoms with Crippen LogP contribution in [-0.4, -0.2) is 18.9 Å². The van der Waals surface area contributed by atoms with E-state index >= 15 is 0 Å². The van der Waals surface area contributed by atoms with Crippen molar-refractivity contribution in [3.05, 3.63) is 4.88 Å². The molecule has 0 spiro atoms. The second-order valence-electron chi connectivity index (χ2n) is 4.74. The van der Waals surface area contributed by atoms with Gasteiger partial charge < -0.3 is 15.8 Å². The van der Waals surface area contributed by atoms with Crippen LogP contribution in [0.3, 0.4) is 0 Å². The first-order valence-electron chi connectivity index (χ1n) is 6.37. The van der Waals surface area contributed by atoms with Crippen LogP contribution in [-0.2, 0) is 0 Å². The molecule has 1 aliphatic rings. The molecule has 1 heterocycles. The van der Waals surface area contributed by atoms with Crippen LogP contribution in [0.1, 0.15) is 48.7 Å². The van der Waals surface area contributed by atoms with Gasteiger partial charge in [-0.2, -0.15) is 0 Å². The van der Waals surface area contributed by atoms with Crippen LogP contribution in [0.5, 0.6) is 5.75 Å². The molecular formula is C13H20N2O2S. The maximum absolute atomic E-state index is 11.5. The van der Waals surface area contributed by atoms with Crippen molar-refractivity contribution in [1.29, 1.82) is 0 Å². The van der Waals surface area contributed by atoms with Gasteiger partial charge >= 0.3 is 0 Å². The first kappa shape index (κ1) is 13.2. The van der Waals surface area contributed by atoms with Gasteiger partial charge in [0.1, 0.15) is 5.00 Å². The fourth-order valence-corrected chi connectivity index (χ4v) is 3.48. The van der Waals surface area contributed by atoms with Crippen LogP contribution in [0.2, 0.25) is 0 Å². The van der Waals surface area contributed by atoms with Gasteiger partial charge in [-0.1, -0.05) is 19.3 Å². The van der Waals surface area contributed by atoms with Crippen LogP contribution >= 0.6 is 11.3 Å². The molecule has 0 radical (unpaired) electrons. The van der Waals surface area contributed by atoms with Crippen LogP contribution in [0.15, 0.2) is 0 Å². The van der Waals surface area contributed by atoms with E-state index in [-0.39, 0.29) is 5.78 Å². The van der Waals surface area contributed by atoms with Crippen molar-refractivity contribution in [2.24, 2.45) is 0 Å². The van der Waals surface area contributed by atoms with Crippen molar-refractivity contribution >= 4 is 27.8 Å². The largest absolute Gasteiger partial charge is 0.492 e. The molecule has 0 aliphatic heterocycles. The molecule has 2 rings (SSSR count). The number of Topliss-reactive ketones (excluding diaryl/α,β-unsaturated/α-hetero) is 1. The van der Waals surface area contributed by atoms with E-state index in [1.807, 2.05) is 0 Å². The molecule has 5 heteroatoms. The maximum atomic E-state index is 11.5.